The number of rotatable bonds is 19. The standard InChI is InChI=1S/C42H48ClN3O9/c1-52-38-13-8-26(36-21-39(55-46-36)28-17-29(22-47)34(25-50)30(18-28)23-48)19-40(38)54-15-7-5-3-2-4-6-14-53-37-12-9-27(16-31(37)24-49)41-44-35-11-10-32(43)20-33(35)42(51)45-41/h8-13,16-20,39,41,44,47-50H,2-7,14-15,21-25H2,1H3,(H,45,51). The third-order valence-electron chi connectivity index (χ3n) is 9.94. The van der Waals surface area contributed by atoms with Crippen molar-refractivity contribution in [3.05, 3.63) is 116 Å². The zero-order valence-corrected chi connectivity index (χ0v) is 31.6. The van der Waals surface area contributed by atoms with Crippen LogP contribution in [0.2, 0.25) is 5.02 Å². The first-order chi connectivity index (χ1) is 26.8. The van der Waals surface area contributed by atoms with Gasteiger partial charge in [0.15, 0.2) is 17.6 Å². The van der Waals surface area contributed by atoms with E-state index in [0.29, 0.717) is 75.4 Å². The Bertz CT molecular complexity index is 1960. The molecule has 0 radical (unpaired) electrons. The Hall–Kier alpha value is -4.85. The zero-order valence-electron chi connectivity index (χ0n) is 30.9. The normalized spacial score (nSPS) is 16.1. The van der Waals surface area contributed by atoms with Crippen LogP contribution < -0.4 is 24.8 Å². The summed E-state index contributed by atoms with van der Waals surface area (Å²) in [4.78, 5) is 18.4. The molecule has 4 aromatic carbocycles. The number of aliphatic hydroxyl groups is 4. The number of hydrogen-bond acceptors (Lipinski definition) is 11. The van der Waals surface area contributed by atoms with Gasteiger partial charge in [0.1, 0.15) is 11.9 Å². The number of carbonyl (C=O) groups excluding carboxylic acids is 1. The van der Waals surface area contributed by atoms with E-state index in [2.05, 4.69) is 15.8 Å². The Kier molecular flexibility index (Phi) is 13.9. The van der Waals surface area contributed by atoms with Crippen molar-refractivity contribution in [2.24, 2.45) is 5.16 Å². The smallest absolute Gasteiger partial charge is 0.255 e. The Balaban J connectivity index is 0.902. The van der Waals surface area contributed by atoms with E-state index < -0.39 is 12.3 Å². The molecular formula is C42H48ClN3O9. The summed E-state index contributed by atoms with van der Waals surface area (Å²) < 4.78 is 17.7. The van der Waals surface area contributed by atoms with Crippen LogP contribution in [0.25, 0.3) is 0 Å². The van der Waals surface area contributed by atoms with Crippen molar-refractivity contribution in [3.63, 3.8) is 0 Å². The molecule has 12 nitrogen and oxygen atoms in total. The highest BCUT2D eigenvalue weighted by atomic mass is 35.5. The van der Waals surface area contributed by atoms with Gasteiger partial charge < -0.3 is 50.1 Å². The lowest BCUT2D eigenvalue weighted by molar-refractivity contribution is 0.0853. The van der Waals surface area contributed by atoms with Gasteiger partial charge in [-0.1, -0.05) is 48.5 Å². The highest BCUT2D eigenvalue weighted by molar-refractivity contribution is 6.31. The molecule has 2 unspecified atom stereocenters. The van der Waals surface area contributed by atoms with Crippen LogP contribution in [-0.4, -0.2) is 52.4 Å². The van der Waals surface area contributed by atoms with Crippen molar-refractivity contribution >= 4 is 28.9 Å². The molecular weight excluding hydrogens is 726 g/mol. The molecule has 6 N–H and O–H groups in total. The summed E-state index contributed by atoms with van der Waals surface area (Å²) >= 11 is 6.05. The molecule has 55 heavy (non-hydrogen) atoms. The molecule has 292 valence electrons. The maximum atomic E-state index is 12.6. The van der Waals surface area contributed by atoms with E-state index in [9.17, 15) is 25.2 Å². The second-order valence-corrected chi connectivity index (χ2v) is 14.0. The fourth-order valence-corrected chi connectivity index (χ4v) is 7.08. The minimum atomic E-state index is -0.442. The predicted molar refractivity (Wildman–Crippen MR) is 209 cm³/mol. The van der Waals surface area contributed by atoms with E-state index in [1.54, 1.807) is 37.4 Å². The van der Waals surface area contributed by atoms with Gasteiger partial charge in [0.2, 0.25) is 0 Å². The maximum Gasteiger partial charge on any atom is 0.255 e. The van der Waals surface area contributed by atoms with Gasteiger partial charge in [-0.3, -0.25) is 4.79 Å². The molecule has 4 aromatic rings. The van der Waals surface area contributed by atoms with Crippen molar-refractivity contribution in [2.45, 2.75) is 83.6 Å². The Morgan fingerprint density at radius 3 is 2.05 bits per heavy atom. The molecule has 6 rings (SSSR count). The van der Waals surface area contributed by atoms with Crippen LogP contribution in [0.3, 0.4) is 0 Å². The van der Waals surface area contributed by atoms with E-state index in [1.807, 2.05) is 36.4 Å². The number of benzene rings is 4. The molecule has 1 amide bonds. The Morgan fingerprint density at radius 1 is 0.727 bits per heavy atom. The van der Waals surface area contributed by atoms with Crippen molar-refractivity contribution in [3.8, 4) is 17.2 Å². The van der Waals surface area contributed by atoms with Crippen LogP contribution in [0.15, 0.2) is 71.9 Å². The number of aliphatic hydroxyl groups excluding tert-OH is 4. The first kappa shape index (κ1) is 39.8. The third-order valence-corrected chi connectivity index (χ3v) is 10.2. The summed E-state index contributed by atoms with van der Waals surface area (Å²) in [5, 5.41) is 50.5. The Morgan fingerprint density at radius 2 is 1.38 bits per heavy atom. The molecule has 2 aliphatic heterocycles. The van der Waals surface area contributed by atoms with E-state index in [4.69, 9.17) is 30.6 Å². The van der Waals surface area contributed by atoms with Crippen LogP contribution in [0.4, 0.5) is 5.69 Å². The minimum absolute atomic E-state index is 0.181. The molecule has 0 saturated carbocycles. The van der Waals surface area contributed by atoms with Crippen LogP contribution in [-0.2, 0) is 31.3 Å². The molecule has 0 fully saturated rings. The lowest BCUT2D eigenvalue weighted by atomic mass is 9.93. The molecule has 0 bridgehead atoms. The highest BCUT2D eigenvalue weighted by Gasteiger charge is 2.27. The van der Waals surface area contributed by atoms with Gasteiger partial charge in [-0.05, 0) is 101 Å². The highest BCUT2D eigenvalue weighted by Crippen LogP contribution is 2.36. The molecule has 2 aliphatic rings. The van der Waals surface area contributed by atoms with Gasteiger partial charge in [-0.25, -0.2) is 0 Å². The number of unbranched alkanes of at least 4 members (excludes halogenated alkanes) is 5. The average molecular weight is 774 g/mol. The number of hydrogen-bond donors (Lipinski definition) is 6. The van der Waals surface area contributed by atoms with Crippen molar-refractivity contribution in [2.75, 3.05) is 25.6 Å². The summed E-state index contributed by atoms with van der Waals surface area (Å²) in [7, 11) is 1.61. The summed E-state index contributed by atoms with van der Waals surface area (Å²) in [5.41, 5.74) is 6.66. The molecule has 2 atom stereocenters. The number of nitrogens with one attached hydrogen (secondary N) is 2. The van der Waals surface area contributed by atoms with Crippen molar-refractivity contribution in [1.82, 2.24) is 5.32 Å². The number of fused-ring (bicyclic) bond motifs is 1. The fourth-order valence-electron chi connectivity index (χ4n) is 6.91. The number of nitrogens with zero attached hydrogens (tertiary/aromatic N) is 1. The maximum absolute atomic E-state index is 12.6. The van der Waals surface area contributed by atoms with Crippen molar-refractivity contribution in [1.29, 1.82) is 0 Å². The number of ether oxygens (including phenoxy) is 3. The summed E-state index contributed by atoms with van der Waals surface area (Å²) in [6.45, 7) is 0.114. The fraction of sp³-hybridized carbons (Fsp3) is 0.381. The second-order valence-electron chi connectivity index (χ2n) is 13.6. The number of halogens is 1. The van der Waals surface area contributed by atoms with Gasteiger partial charge in [-0.2, -0.15) is 0 Å². The minimum Gasteiger partial charge on any atom is -0.493 e. The van der Waals surface area contributed by atoms with Gasteiger partial charge in [0.05, 0.1) is 58.0 Å². The summed E-state index contributed by atoms with van der Waals surface area (Å²) in [6.07, 6.45) is 5.61. The Labute approximate surface area is 325 Å². The third kappa shape index (κ3) is 9.70. The van der Waals surface area contributed by atoms with Gasteiger partial charge in [-0.15, -0.1) is 0 Å². The number of carbonyl (C=O) groups is 1. The lowest BCUT2D eigenvalue weighted by Gasteiger charge is -2.28. The van der Waals surface area contributed by atoms with Gasteiger partial charge in [0, 0.05) is 28.3 Å². The number of methoxy groups -OCH3 is 1. The molecule has 0 aliphatic carbocycles. The predicted octanol–water partition coefficient (Wildman–Crippen LogP) is 6.84. The van der Waals surface area contributed by atoms with Crippen LogP contribution >= 0.6 is 11.6 Å². The average Bonchev–Trinajstić information content (AvgIpc) is 3.71. The topological polar surface area (TPSA) is 171 Å². The molecule has 13 heteroatoms. The number of oxime groups is 1. The largest absolute Gasteiger partial charge is 0.493 e. The van der Waals surface area contributed by atoms with Crippen LogP contribution in [0.1, 0.15) is 107 Å². The van der Waals surface area contributed by atoms with Crippen LogP contribution in [0, 0.1) is 0 Å². The lowest BCUT2D eigenvalue weighted by Crippen LogP contribution is -2.38. The van der Waals surface area contributed by atoms with Gasteiger partial charge >= 0.3 is 0 Å². The second kappa shape index (κ2) is 19.1. The van der Waals surface area contributed by atoms with E-state index in [1.165, 1.54) is 0 Å². The quantitative estimate of drug-likeness (QED) is 0.0555. The molecule has 0 aromatic heterocycles. The summed E-state index contributed by atoms with van der Waals surface area (Å²) in [5.74, 6) is 1.68. The molecule has 0 spiro atoms. The number of anilines is 1. The zero-order chi connectivity index (χ0) is 38.7. The van der Waals surface area contributed by atoms with Crippen molar-refractivity contribution < 1.29 is 44.3 Å². The monoisotopic (exact) mass is 773 g/mol. The van der Waals surface area contributed by atoms with E-state index >= 15 is 0 Å². The van der Waals surface area contributed by atoms with E-state index in [-0.39, 0.29) is 32.3 Å². The summed E-state index contributed by atoms with van der Waals surface area (Å²) in [6, 6.07) is 20.0. The number of amides is 1. The first-order valence-corrected chi connectivity index (χ1v) is 19.0. The molecule has 2 heterocycles. The van der Waals surface area contributed by atoms with Gasteiger partial charge in [0.25, 0.3) is 5.91 Å². The SMILES string of the molecule is COc1ccc(C2=NOC(c3cc(CO)c(CO)c(CO)c3)C2)cc1OCCCCCCCCOc1ccc(C2NC(=O)c3cc(Cl)ccc3N2)cc1CO. The van der Waals surface area contributed by atoms with E-state index in [0.717, 1.165) is 60.9 Å². The molecule has 0 saturated heterocycles. The first-order valence-electron chi connectivity index (χ1n) is 18.6. The van der Waals surface area contributed by atoms with Crippen LogP contribution in [0.5, 0.6) is 17.2 Å².